The van der Waals surface area contributed by atoms with Crippen molar-refractivity contribution >= 4 is 15.9 Å². The predicted molar refractivity (Wildman–Crippen MR) is 80.7 cm³/mol. The Kier molecular flexibility index (Phi) is 5.67. The molecule has 0 amide bonds. The summed E-state index contributed by atoms with van der Waals surface area (Å²) in [5.41, 5.74) is 1.39. The maximum absolute atomic E-state index is 3.47. The van der Waals surface area contributed by atoms with Crippen LogP contribution in [0.25, 0.3) is 0 Å². The summed E-state index contributed by atoms with van der Waals surface area (Å²) < 4.78 is 1.16. The molecule has 1 heterocycles. The molecular weight excluding hydrogens is 288 g/mol. The number of rotatable bonds is 5. The standard InChI is InChI=1S/C15H23BrN2/c1-18(11-8-13-6-9-17-10-7-13)12-14-2-4-15(16)5-3-14/h2-5,13,17H,6-12H2,1H3. The molecule has 2 nitrogen and oxygen atoms in total. The molecular formula is C15H23BrN2. The van der Waals surface area contributed by atoms with Crippen LogP contribution >= 0.6 is 15.9 Å². The number of hydrogen-bond donors (Lipinski definition) is 1. The molecule has 0 saturated carbocycles. The zero-order valence-corrected chi connectivity index (χ0v) is 12.7. The molecule has 0 aromatic heterocycles. The summed E-state index contributed by atoms with van der Waals surface area (Å²) in [5, 5.41) is 3.43. The maximum Gasteiger partial charge on any atom is 0.0230 e. The molecule has 0 spiro atoms. The zero-order valence-electron chi connectivity index (χ0n) is 11.2. The largest absolute Gasteiger partial charge is 0.317 e. The van der Waals surface area contributed by atoms with Gasteiger partial charge in [0.05, 0.1) is 0 Å². The van der Waals surface area contributed by atoms with Crippen LogP contribution in [0.1, 0.15) is 24.8 Å². The summed E-state index contributed by atoms with van der Waals surface area (Å²) in [6.45, 7) is 4.68. The van der Waals surface area contributed by atoms with E-state index in [9.17, 15) is 0 Å². The van der Waals surface area contributed by atoms with Gasteiger partial charge in [-0.1, -0.05) is 28.1 Å². The Morgan fingerprint density at radius 2 is 1.89 bits per heavy atom. The molecule has 3 heteroatoms. The van der Waals surface area contributed by atoms with Crippen LogP contribution in [-0.4, -0.2) is 31.6 Å². The first-order valence-electron chi connectivity index (χ1n) is 6.88. The van der Waals surface area contributed by atoms with Gasteiger partial charge in [-0.3, -0.25) is 0 Å². The third-order valence-corrected chi connectivity index (χ3v) is 4.27. The Balaban J connectivity index is 1.71. The number of piperidine rings is 1. The minimum atomic E-state index is 0.929. The van der Waals surface area contributed by atoms with Gasteiger partial charge in [0, 0.05) is 11.0 Å². The van der Waals surface area contributed by atoms with Crippen LogP contribution in [0.15, 0.2) is 28.7 Å². The smallest absolute Gasteiger partial charge is 0.0230 e. The lowest BCUT2D eigenvalue weighted by molar-refractivity contribution is 0.266. The summed E-state index contributed by atoms with van der Waals surface area (Å²) in [6.07, 6.45) is 4.05. The molecule has 100 valence electrons. The monoisotopic (exact) mass is 310 g/mol. The van der Waals surface area contributed by atoms with Crippen molar-refractivity contribution in [3.63, 3.8) is 0 Å². The Bertz CT molecular complexity index is 344. The van der Waals surface area contributed by atoms with Gasteiger partial charge in [-0.25, -0.2) is 0 Å². The summed E-state index contributed by atoms with van der Waals surface area (Å²) in [5.74, 6) is 0.929. The quantitative estimate of drug-likeness (QED) is 0.898. The minimum absolute atomic E-state index is 0.929. The fourth-order valence-electron chi connectivity index (χ4n) is 2.55. The van der Waals surface area contributed by atoms with Gasteiger partial charge < -0.3 is 10.2 Å². The highest BCUT2D eigenvalue weighted by Gasteiger charge is 2.13. The predicted octanol–water partition coefficient (Wildman–Crippen LogP) is 3.27. The third kappa shape index (κ3) is 4.71. The molecule has 1 saturated heterocycles. The van der Waals surface area contributed by atoms with Crippen LogP contribution in [0, 0.1) is 5.92 Å². The van der Waals surface area contributed by atoms with E-state index in [1.807, 2.05) is 0 Å². The van der Waals surface area contributed by atoms with Gasteiger partial charge in [-0.15, -0.1) is 0 Å². The molecule has 1 aliphatic heterocycles. The Labute approximate surface area is 119 Å². The van der Waals surface area contributed by atoms with Crippen LogP contribution < -0.4 is 5.32 Å². The lowest BCUT2D eigenvalue weighted by atomic mass is 9.94. The molecule has 1 N–H and O–H groups in total. The normalized spacial score (nSPS) is 17.3. The first-order chi connectivity index (χ1) is 8.74. The highest BCUT2D eigenvalue weighted by Crippen LogP contribution is 2.17. The third-order valence-electron chi connectivity index (χ3n) is 3.74. The number of nitrogens with zero attached hydrogens (tertiary/aromatic N) is 1. The van der Waals surface area contributed by atoms with Crippen molar-refractivity contribution in [2.75, 3.05) is 26.7 Å². The highest BCUT2D eigenvalue weighted by molar-refractivity contribution is 9.10. The molecule has 0 unspecified atom stereocenters. The van der Waals surface area contributed by atoms with E-state index in [2.05, 4.69) is 57.5 Å². The van der Waals surface area contributed by atoms with E-state index in [0.717, 1.165) is 16.9 Å². The number of halogens is 1. The van der Waals surface area contributed by atoms with Crippen molar-refractivity contribution in [1.29, 1.82) is 0 Å². The zero-order chi connectivity index (χ0) is 12.8. The molecule has 2 rings (SSSR count). The van der Waals surface area contributed by atoms with Gasteiger partial charge in [-0.2, -0.15) is 0 Å². The lowest BCUT2D eigenvalue weighted by Gasteiger charge is -2.25. The lowest BCUT2D eigenvalue weighted by Crippen LogP contribution is -2.30. The topological polar surface area (TPSA) is 15.3 Å². The van der Waals surface area contributed by atoms with Crippen LogP contribution in [0.3, 0.4) is 0 Å². The Hall–Kier alpha value is -0.380. The number of nitrogens with one attached hydrogen (secondary N) is 1. The van der Waals surface area contributed by atoms with Crippen LogP contribution in [-0.2, 0) is 6.54 Å². The minimum Gasteiger partial charge on any atom is -0.317 e. The molecule has 1 aliphatic rings. The van der Waals surface area contributed by atoms with E-state index in [0.29, 0.717) is 0 Å². The molecule has 0 bridgehead atoms. The van der Waals surface area contributed by atoms with E-state index < -0.39 is 0 Å². The van der Waals surface area contributed by atoms with Crippen molar-refractivity contribution in [3.8, 4) is 0 Å². The van der Waals surface area contributed by atoms with Crippen LogP contribution in [0.2, 0.25) is 0 Å². The molecule has 1 fully saturated rings. The van der Waals surface area contributed by atoms with E-state index in [1.165, 1.54) is 44.5 Å². The summed E-state index contributed by atoms with van der Waals surface area (Å²) in [6, 6.07) is 8.64. The summed E-state index contributed by atoms with van der Waals surface area (Å²) in [4.78, 5) is 2.44. The molecule has 0 atom stereocenters. The van der Waals surface area contributed by atoms with E-state index >= 15 is 0 Å². The fraction of sp³-hybridized carbons (Fsp3) is 0.600. The van der Waals surface area contributed by atoms with E-state index in [-0.39, 0.29) is 0 Å². The van der Waals surface area contributed by atoms with Gasteiger partial charge in [0.15, 0.2) is 0 Å². The summed E-state index contributed by atoms with van der Waals surface area (Å²) in [7, 11) is 2.23. The van der Waals surface area contributed by atoms with Crippen molar-refractivity contribution in [3.05, 3.63) is 34.3 Å². The second kappa shape index (κ2) is 7.27. The Morgan fingerprint density at radius 3 is 2.56 bits per heavy atom. The van der Waals surface area contributed by atoms with Crippen molar-refractivity contribution in [2.24, 2.45) is 5.92 Å². The molecule has 18 heavy (non-hydrogen) atoms. The van der Waals surface area contributed by atoms with Crippen molar-refractivity contribution in [1.82, 2.24) is 10.2 Å². The van der Waals surface area contributed by atoms with Gasteiger partial charge in [0.1, 0.15) is 0 Å². The SMILES string of the molecule is CN(CCC1CCNCC1)Cc1ccc(Br)cc1. The summed E-state index contributed by atoms with van der Waals surface area (Å²) >= 11 is 3.47. The van der Waals surface area contributed by atoms with Crippen molar-refractivity contribution in [2.45, 2.75) is 25.8 Å². The average Bonchev–Trinajstić information content (AvgIpc) is 2.40. The average molecular weight is 311 g/mol. The van der Waals surface area contributed by atoms with Crippen LogP contribution in [0.4, 0.5) is 0 Å². The van der Waals surface area contributed by atoms with E-state index in [1.54, 1.807) is 0 Å². The Morgan fingerprint density at radius 1 is 1.22 bits per heavy atom. The second-order valence-corrected chi connectivity index (χ2v) is 6.26. The molecule has 0 aliphatic carbocycles. The fourth-order valence-corrected chi connectivity index (χ4v) is 2.82. The molecule has 0 radical (unpaired) electrons. The van der Waals surface area contributed by atoms with Gasteiger partial charge >= 0.3 is 0 Å². The van der Waals surface area contributed by atoms with Crippen LogP contribution in [0.5, 0.6) is 0 Å². The van der Waals surface area contributed by atoms with Gasteiger partial charge in [-0.05, 0) is 69.6 Å². The first-order valence-corrected chi connectivity index (χ1v) is 7.67. The van der Waals surface area contributed by atoms with Crippen molar-refractivity contribution < 1.29 is 0 Å². The van der Waals surface area contributed by atoms with Gasteiger partial charge in [0.25, 0.3) is 0 Å². The molecule has 1 aromatic rings. The van der Waals surface area contributed by atoms with Gasteiger partial charge in [0.2, 0.25) is 0 Å². The maximum atomic E-state index is 3.47. The highest BCUT2D eigenvalue weighted by atomic mass is 79.9. The van der Waals surface area contributed by atoms with E-state index in [4.69, 9.17) is 0 Å². The second-order valence-electron chi connectivity index (χ2n) is 5.35. The first kappa shape index (κ1) is 14.0. The number of benzene rings is 1. The molecule has 1 aromatic carbocycles. The number of hydrogen-bond acceptors (Lipinski definition) is 2.